The van der Waals surface area contributed by atoms with Gasteiger partial charge in [-0.2, -0.15) is 10.2 Å². The van der Waals surface area contributed by atoms with Gasteiger partial charge in [-0.15, -0.1) is 0 Å². The first-order valence-corrected chi connectivity index (χ1v) is 14.9. The van der Waals surface area contributed by atoms with Gasteiger partial charge < -0.3 is 29.7 Å². The zero-order valence-electron chi connectivity index (χ0n) is 24.8. The Hall–Kier alpha value is -4.76. The molecular formula is C33H33F2N5O5. The van der Waals surface area contributed by atoms with Gasteiger partial charge in [0.05, 0.1) is 41.8 Å². The first-order valence-electron chi connectivity index (χ1n) is 14.9. The number of nitriles is 1. The summed E-state index contributed by atoms with van der Waals surface area (Å²) in [6.45, 7) is 2.32. The maximum atomic E-state index is 14.5. The number of amides is 1. The fourth-order valence-electron chi connectivity index (χ4n) is 5.96. The number of carbonyl (C=O) groups is 2. The number of aromatic nitrogens is 1. The molecule has 3 heterocycles. The molecule has 0 radical (unpaired) electrons. The molecule has 2 atom stereocenters. The highest BCUT2D eigenvalue weighted by Crippen LogP contribution is 2.60. The molecule has 3 aliphatic rings. The lowest BCUT2D eigenvalue weighted by atomic mass is 9.90. The molecule has 6 rings (SSSR count). The first kappa shape index (κ1) is 30.3. The van der Waals surface area contributed by atoms with E-state index in [0.29, 0.717) is 42.4 Å². The minimum Gasteiger partial charge on any atom is -0.471 e. The van der Waals surface area contributed by atoms with Crippen LogP contribution in [0.2, 0.25) is 0 Å². The molecule has 1 saturated carbocycles. The lowest BCUT2D eigenvalue weighted by molar-refractivity contribution is -0.118. The maximum Gasteiger partial charge on any atom is 0.337 e. The molecule has 234 valence electrons. The molecule has 2 aliphatic heterocycles. The number of methoxy groups -OCH3 is 1. The van der Waals surface area contributed by atoms with Gasteiger partial charge in [0, 0.05) is 37.7 Å². The van der Waals surface area contributed by atoms with Crippen LogP contribution in [0.5, 0.6) is 5.88 Å². The number of hydrogen-bond acceptors (Lipinski definition) is 9. The maximum absolute atomic E-state index is 14.5. The van der Waals surface area contributed by atoms with E-state index in [9.17, 15) is 18.4 Å². The van der Waals surface area contributed by atoms with Crippen LogP contribution in [0.4, 0.5) is 26.0 Å². The molecule has 1 amide bonds. The van der Waals surface area contributed by atoms with E-state index < -0.39 is 17.6 Å². The lowest BCUT2D eigenvalue weighted by Crippen LogP contribution is -2.37. The number of rotatable bonds is 10. The summed E-state index contributed by atoms with van der Waals surface area (Å²) < 4.78 is 44.6. The van der Waals surface area contributed by atoms with E-state index in [0.717, 1.165) is 38.4 Å². The number of esters is 1. The smallest absolute Gasteiger partial charge is 0.337 e. The van der Waals surface area contributed by atoms with Crippen LogP contribution in [0.1, 0.15) is 47.2 Å². The van der Waals surface area contributed by atoms with Gasteiger partial charge in [0.1, 0.15) is 18.2 Å². The topological polar surface area (TPSA) is 126 Å². The van der Waals surface area contributed by atoms with Crippen molar-refractivity contribution in [1.82, 2.24) is 4.98 Å². The Morgan fingerprint density at radius 2 is 1.91 bits per heavy atom. The summed E-state index contributed by atoms with van der Waals surface area (Å²) in [6.07, 6.45) is 3.35. The largest absolute Gasteiger partial charge is 0.471 e. The minimum atomic E-state index is -0.658. The monoisotopic (exact) mass is 617 g/mol. The second-order valence-electron chi connectivity index (χ2n) is 11.7. The zero-order valence-corrected chi connectivity index (χ0v) is 24.8. The number of carbonyl (C=O) groups excluding carboxylic acids is 2. The van der Waals surface area contributed by atoms with Crippen LogP contribution in [0.15, 0.2) is 48.5 Å². The molecule has 45 heavy (non-hydrogen) atoms. The number of halogens is 2. The Balaban J connectivity index is 1.06. The van der Waals surface area contributed by atoms with Crippen molar-refractivity contribution in [2.75, 3.05) is 48.9 Å². The van der Waals surface area contributed by atoms with Crippen LogP contribution < -0.4 is 20.3 Å². The summed E-state index contributed by atoms with van der Waals surface area (Å²) in [6, 6.07) is 13.8. The van der Waals surface area contributed by atoms with Gasteiger partial charge in [-0.1, -0.05) is 6.07 Å². The number of piperidine rings is 1. The van der Waals surface area contributed by atoms with E-state index >= 15 is 0 Å². The molecule has 1 unspecified atom stereocenters. The molecule has 3 aromatic rings. The molecule has 2 saturated heterocycles. The van der Waals surface area contributed by atoms with Gasteiger partial charge >= 0.3 is 5.97 Å². The molecule has 2 aromatic carbocycles. The number of anilines is 3. The van der Waals surface area contributed by atoms with Crippen LogP contribution in [0.3, 0.4) is 0 Å². The van der Waals surface area contributed by atoms with Crippen LogP contribution >= 0.6 is 0 Å². The highest BCUT2D eigenvalue weighted by atomic mass is 19.1. The van der Waals surface area contributed by atoms with Crippen molar-refractivity contribution in [3.8, 4) is 11.9 Å². The number of benzene rings is 2. The summed E-state index contributed by atoms with van der Waals surface area (Å²) >= 11 is 0. The van der Waals surface area contributed by atoms with Gasteiger partial charge in [0.15, 0.2) is 5.82 Å². The Morgan fingerprint density at radius 1 is 1.11 bits per heavy atom. The first-order chi connectivity index (χ1) is 21.8. The number of pyridine rings is 1. The Labute approximate surface area is 259 Å². The molecular weight excluding hydrogens is 584 g/mol. The second kappa shape index (κ2) is 12.7. The van der Waals surface area contributed by atoms with Gasteiger partial charge in [-0.3, -0.25) is 4.79 Å². The van der Waals surface area contributed by atoms with E-state index in [4.69, 9.17) is 19.5 Å². The molecule has 3 fully saturated rings. The SMILES string of the molecule is COC(=O)c1ccc(NC(=O)C2CC23CCN(c2ccc(F)c(OCc4ccc(C#N)cc4F)n2)CC3)c(NC[C@@H]2CCO2)c1. The van der Waals surface area contributed by atoms with Crippen molar-refractivity contribution in [3.05, 3.63) is 76.9 Å². The Morgan fingerprint density at radius 3 is 2.60 bits per heavy atom. The van der Waals surface area contributed by atoms with E-state index in [1.807, 2.05) is 11.0 Å². The van der Waals surface area contributed by atoms with Crippen LogP contribution in [0, 0.1) is 34.3 Å². The number of nitrogens with one attached hydrogen (secondary N) is 2. The molecule has 1 aliphatic carbocycles. The third-order valence-corrected chi connectivity index (χ3v) is 8.95. The standard InChI is InChI=1S/C33H33F2N5O5/c1-43-32(42)21-4-6-27(28(15-21)37-18-23-8-13-44-23)38-30(41)24-16-33(24)9-11-40(12-10-33)29-7-5-25(34)31(39-29)45-19-22-3-2-20(17-36)14-26(22)35/h2-7,14-15,23-24,37H,8-13,16,18-19H2,1H3,(H,38,41)/t23-,24?/m0/s1. The Bertz CT molecular complexity index is 1650. The molecule has 2 N–H and O–H groups in total. The van der Waals surface area contributed by atoms with E-state index in [1.165, 1.54) is 25.3 Å². The van der Waals surface area contributed by atoms with Crippen molar-refractivity contribution < 1.29 is 32.6 Å². The predicted molar refractivity (Wildman–Crippen MR) is 161 cm³/mol. The van der Waals surface area contributed by atoms with Crippen molar-refractivity contribution in [2.45, 2.75) is 38.4 Å². The van der Waals surface area contributed by atoms with E-state index in [1.54, 1.807) is 24.3 Å². The van der Waals surface area contributed by atoms with Gasteiger partial charge in [0.25, 0.3) is 5.88 Å². The fourth-order valence-corrected chi connectivity index (χ4v) is 5.96. The summed E-state index contributed by atoms with van der Waals surface area (Å²) in [5.41, 5.74) is 1.86. The Kier molecular flexibility index (Phi) is 8.54. The van der Waals surface area contributed by atoms with Crippen LogP contribution in [0.25, 0.3) is 0 Å². The fraction of sp³-hybridized carbons (Fsp3) is 0.394. The van der Waals surface area contributed by atoms with Crippen LogP contribution in [-0.4, -0.2) is 56.3 Å². The van der Waals surface area contributed by atoms with Gasteiger partial charge in [-0.25, -0.2) is 13.6 Å². The van der Waals surface area contributed by atoms with Gasteiger partial charge in [0.2, 0.25) is 5.91 Å². The van der Waals surface area contributed by atoms with E-state index in [2.05, 4.69) is 15.6 Å². The van der Waals surface area contributed by atoms with Crippen molar-refractivity contribution >= 4 is 29.1 Å². The van der Waals surface area contributed by atoms with Crippen molar-refractivity contribution in [1.29, 1.82) is 5.26 Å². The van der Waals surface area contributed by atoms with Crippen LogP contribution in [-0.2, 0) is 20.9 Å². The summed E-state index contributed by atoms with van der Waals surface area (Å²) in [4.78, 5) is 31.9. The highest BCUT2D eigenvalue weighted by Gasteiger charge is 2.58. The lowest BCUT2D eigenvalue weighted by Gasteiger charge is -2.33. The average Bonchev–Trinajstić information content (AvgIpc) is 3.73. The zero-order chi connectivity index (χ0) is 31.6. The molecule has 12 heteroatoms. The number of ether oxygens (including phenoxy) is 3. The van der Waals surface area contributed by atoms with Crippen molar-refractivity contribution in [3.63, 3.8) is 0 Å². The highest BCUT2D eigenvalue weighted by molar-refractivity contribution is 5.99. The third kappa shape index (κ3) is 6.54. The molecule has 1 spiro atoms. The summed E-state index contributed by atoms with van der Waals surface area (Å²) in [7, 11) is 1.33. The van der Waals surface area contributed by atoms with Crippen molar-refractivity contribution in [2.24, 2.45) is 11.3 Å². The minimum absolute atomic E-state index is 0.0668. The third-order valence-electron chi connectivity index (χ3n) is 8.95. The number of hydrogen-bond donors (Lipinski definition) is 2. The summed E-state index contributed by atoms with van der Waals surface area (Å²) in [5, 5.41) is 15.3. The average molecular weight is 618 g/mol. The number of nitrogens with zero attached hydrogens (tertiary/aromatic N) is 3. The van der Waals surface area contributed by atoms with E-state index in [-0.39, 0.29) is 47.0 Å². The molecule has 0 bridgehead atoms. The summed E-state index contributed by atoms with van der Waals surface area (Å²) in [5.74, 6) is -1.63. The van der Waals surface area contributed by atoms with Gasteiger partial charge in [-0.05, 0) is 73.6 Å². The molecule has 1 aromatic heterocycles. The second-order valence-corrected chi connectivity index (χ2v) is 11.7. The quantitative estimate of drug-likeness (QED) is 0.301. The normalized spacial score (nSPS) is 19.6. The molecule has 10 nitrogen and oxygen atoms in total. The predicted octanol–water partition coefficient (Wildman–Crippen LogP) is 5.04.